The zero-order chi connectivity index (χ0) is 20.3. The fourth-order valence-corrected chi connectivity index (χ4v) is 2.59. The van der Waals surface area contributed by atoms with E-state index in [1.807, 2.05) is 0 Å². The summed E-state index contributed by atoms with van der Waals surface area (Å²) in [5.41, 5.74) is 6.67. The molecule has 0 amide bonds. The van der Waals surface area contributed by atoms with Gasteiger partial charge in [-0.3, -0.25) is 0 Å². The molecular formula is C20H24N2O7. The van der Waals surface area contributed by atoms with Crippen molar-refractivity contribution in [1.29, 1.82) is 0 Å². The number of nitrogen functional groups attached to an aromatic ring is 1. The van der Waals surface area contributed by atoms with Gasteiger partial charge in [-0.05, 0) is 29.4 Å². The van der Waals surface area contributed by atoms with Crippen molar-refractivity contribution in [2.75, 3.05) is 58.6 Å². The molecule has 0 radical (unpaired) electrons. The van der Waals surface area contributed by atoms with Gasteiger partial charge in [-0.2, -0.15) is 0 Å². The van der Waals surface area contributed by atoms with E-state index in [-0.39, 0.29) is 12.3 Å². The van der Waals surface area contributed by atoms with Gasteiger partial charge in [-0.25, -0.2) is 0 Å². The second kappa shape index (κ2) is 11.1. The first kappa shape index (κ1) is 20.7. The number of hydrogen-bond donors (Lipinski definition) is 1. The number of nitroso groups, excluding NO2 is 1. The Kier molecular flexibility index (Phi) is 7.90. The molecular weight excluding hydrogens is 380 g/mol. The molecule has 2 N–H and O–H groups in total. The van der Waals surface area contributed by atoms with E-state index >= 15 is 0 Å². The molecule has 0 unspecified atom stereocenters. The van der Waals surface area contributed by atoms with Gasteiger partial charge in [0.2, 0.25) is 0 Å². The molecule has 1 aliphatic heterocycles. The van der Waals surface area contributed by atoms with E-state index in [1.54, 1.807) is 30.3 Å². The van der Waals surface area contributed by atoms with Gasteiger partial charge in [0, 0.05) is 17.8 Å². The maximum absolute atomic E-state index is 10.8. The average molecular weight is 404 g/mol. The predicted octanol–water partition coefficient (Wildman–Crippen LogP) is 2.93. The van der Waals surface area contributed by atoms with Crippen molar-refractivity contribution in [3.8, 4) is 23.0 Å². The summed E-state index contributed by atoms with van der Waals surface area (Å²) < 4.78 is 33.9. The van der Waals surface area contributed by atoms with E-state index in [1.165, 1.54) is 6.07 Å². The van der Waals surface area contributed by atoms with Crippen molar-refractivity contribution >= 4 is 11.4 Å². The predicted molar refractivity (Wildman–Crippen MR) is 106 cm³/mol. The Hall–Kier alpha value is -3.04. The van der Waals surface area contributed by atoms with Crippen LogP contribution in [0.3, 0.4) is 0 Å². The highest BCUT2D eigenvalue weighted by atomic mass is 16.6. The molecule has 1 aliphatic rings. The summed E-state index contributed by atoms with van der Waals surface area (Å²) in [7, 11) is 0. The van der Waals surface area contributed by atoms with Crippen LogP contribution in [0.1, 0.15) is 0 Å². The van der Waals surface area contributed by atoms with Crippen LogP contribution in [0.15, 0.2) is 41.6 Å². The Bertz CT molecular complexity index is 800. The third-order valence-electron chi connectivity index (χ3n) is 3.94. The van der Waals surface area contributed by atoms with E-state index in [0.717, 1.165) is 0 Å². The Morgan fingerprint density at radius 2 is 1.10 bits per heavy atom. The van der Waals surface area contributed by atoms with Gasteiger partial charge in [0.15, 0.2) is 23.0 Å². The standard InChI is InChI=1S/C20H24N2O7/c21-15-1-3-17-19(13-15)28-11-7-24-6-10-27-18-4-2-16(22-23)14-20(18)29-12-8-25-5-9-26-17/h1-4,13-14H,5-12,21H2. The van der Waals surface area contributed by atoms with Gasteiger partial charge in [0.05, 0.1) is 26.4 Å². The number of rotatable bonds is 1. The van der Waals surface area contributed by atoms with Crippen LogP contribution in [0, 0.1) is 4.91 Å². The highest BCUT2D eigenvalue weighted by Gasteiger charge is 2.09. The van der Waals surface area contributed by atoms with E-state index in [9.17, 15) is 4.91 Å². The molecule has 0 bridgehead atoms. The minimum atomic E-state index is 0.261. The lowest BCUT2D eigenvalue weighted by molar-refractivity contribution is 0.0640. The largest absolute Gasteiger partial charge is 0.487 e. The molecule has 0 fully saturated rings. The fraction of sp³-hybridized carbons (Fsp3) is 0.400. The Labute approximate surface area is 168 Å². The van der Waals surface area contributed by atoms with E-state index in [2.05, 4.69) is 5.18 Å². The summed E-state index contributed by atoms with van der Waals surface area (Å²) in [6, 6.07) is 9.95. The minimum absolute atomic E-state index is 0.261. The van der Waals surface area contributed by atoms with Crippen LogP contribution < -0.4 is 24.7 Å². The Morgan fingerprint density at radius 1 is 0.621 bits per heavy atom. The summed E-state index contributed by atoms with van der Waals surface area (Å²) in [6.45, 7) is 2.72. The highest BCUT2D eigenvalue weighted by Crippen LogP contribution is 2.32. The smallest absolute Gasteiger partial charge is 0.163 e. The van der Waals surface area contributed by atoms with Crippen LogP contribution in [0.2, 0.25) is 0 Å². The number of benzene rings is 2. The molecule has 0 aromatic heterocycles. The molecule has 9 heteroatoms. The maximum atomic E-state index is 10.8. The molecule has 0 atom stereocenters. The minimum Gasteiger partial charge on any atom is -0.487 e. The van der Waals surface area contributed by atoms with Crippen LogP contribution in [-0.2, 0) is 9.47 Å². The van der Waals surface area contributed by atoms with E-state index < -0.39 is 0 Å². The number of ether oxygens (including phenoxy) is 6. The van der Waals surface area contributed by atoms with Crippen molar-refractivity contribution in [2.45, 2.75) is 0 Å². The van der Waals surface area contributed by atoms with Crippen LogP contribution in [0.4, 0.5) is 11.4 Å². The first-order chi connectivity index (χ1) is 14.3. The summed E-state index contributed by atoms with van der Waals surface area (Å²) >= 11 is 0. The van der Waals surface area contributed by atoms with Crippen LogP contribution >= 0.6 is 0 Å². The number of anilines is 1. The van der Waals surface area contributed by atoms with Crippen molar-refractivity contribution in [2.24, 2.45) is 5.18 Å². The summed E-state index contributed by atoms with van der Waals surface area (Å²) in [6.07, 6.45) is 0. The molecule has 1 heterocycles. The Balaban J connectivity index is 1.61. The average Bonchev–Trinajstić information content (AvgIpc) is 2.73. The third-order valence-corrected chi connectivity index (χ3v) is 3.94. The topological polar surface area (TPSA) is 111 Å². The SMILES string of the molecule is Nc1ccc2c(c1)OCCOCCOc1ccc(N=O)cc1OCCOCCO2. The normalized spacial score (nSPS) is 16.3. The summed E-state index contributed by atoms with van der Waals surface area (Å²) in [5.74, 6) is 2.08. The summed E-state index contributed by atoms with van der Waals surface area (Å²) in [5, 5.41) is 2.92. The third kappa shape index (κ3) is 6.51. The molecule has 2 aromatic carbocycles. The monoisotopic (exact) mass is 404 g/mol. The number of nitrogens with zero attached hydrogens (tertiary/aromatic N) is 1. The highest BCUT2D eigenvalue weighted by molar-refractivity contribution is 5.52. The molecule has 2 aromatic rings. The number of fused-ring (bicyclic) bond motifs is 2. The second-order valence-corrected chi connectivity index (χ2v) is 6.05. The van der Waals surface area contributed by atoms with Crippen molar-refractivity contribution in [1.82, 2.24) is 0 Å². The second-order valence-electron chi connectivity index (χ2n) is 6.05. The molecule has 0 spiro atoms. The lowest BCUT2D eigenvalue weighted by atomic mass is 10.3. The lowest BCUT2D eigenvalue weighted by Crippen LogP contribution is -2.15. The Morgan fingerprint density at radius 3 is 1.66 bits per heavy atom. The van der Waals surface area contributed by atoms with Gasteiger partial charge < -0.3 is 34.2 Å². The molecule has 156 valence electrons. The molecule has 3 rings (SSSR count). The number of hydrogen-bond acceptors (Lipinski definition) is 9. The van der Waals surface area contributed by atoms with Crippen molar-refractivity contribution in [3.05, 3.63) is 41.3 Å². The van der Waals surface area contributed by atoms with Gasteiger partial charge in [-0.15, -0.1) is 4.91 Å². The van der Waals surface area contributed by atoms with Gasteiger partial charge in [0.25, 0.3) is 0 Å². The van der Waals surface area contributed by atoms with E-state index in [4.69, 9.17) is 34.2 Å². The molecule has 0 aliphatic carbocycles. The van der Waals surface area contributed by atoms with Crippen LogP contribution in [0.5, 0.6) is 23.0 Å². The lowest BCUT2D eigenvalue weighted by Gasteiger charge is -2.15. The summed E-state index contributed by atoms with van der Waals surface area (Å²) in [4.78, 5) is 10.8. The van der Waals surface area contributed by atoms with E-state index in [0.29, 0.717) is 74.9 Å². The van der Waals surface area contributed by atoms with Crippen molar-refractivity contribution in [3.63, 3.8) is 0 Å². The van der Waals surface area contributed by atoms with Gasteiger partial charge in [0.1, 0.15) is 32.1 Å². The fourth-order valence-electron chi connectivity index (χ4n) is 2.59. The maximum Gasteiger partial charge on any atom is 0.163 e. The van der Waals surface area contributed by atoms with Crippen LogP contribution in [0.25, 0.3) is 0 Å². The van der Waals surface area contributed by atoms with Crippen molar-refractivity contribution < 1.29 is 28.4 Å². The van der Waals surface area contributed by atoms with Gasteiger partial charge >= 0.3 is 0 Å². The molecule has 0 saturated heterocycles. The molecule has 0 saturated carbocycles. The first-order valence-corrected chi connectivity index (χ1v) is 9.30. The zero-order valence-electron chi connectivity index (χ0n) is 16.0. The van der Waals surface area contributed by atoms with Crippen LogP contribution in [-0.4, -0.2) is 52.9 Å². The zero-order valence-corrected chi connectivity index (χ0v) is 16.0. The van der Waals surface area contributed by atoms with Gasteiger partial charge in [-0.1, -0.05) is 0 Å². The number of nitrogens with two attached hydrogens (primary N) is 1. The first-order valence-electron chi connectivity index (χ1n) is 9.30. The molecule has 9 nitrogen and oxygen atoms in total. The molecule has 29 heavy (non-hydrogen) atoms. The quantitative estimate of drug-likeness (QED) is 0.570.